The van der Waals surface area contributed by atoms with Crippen molar-refractivity contribution in [2.45, 2.75) is 6.23 Å². The molecule has 0 bridgehead atoms. The van der Waals surface area contributed by atoms with E-state index in [0.29, 0.717) is 5.84 Å². The number of benzene rings is 8. The predicted octanol–water partition coefficient (Wildman–Crippen LogP) is 9.34. The Morgan fingerprint density at radius 2 is 1.15 bits per heavy atom. The Hall–Kier alpha value is -6.22. The number of hydrogen-bond acceptors (Lipinski definition) is 3. The van der Waals surface area contributed by atoms with Crippen LogP contribution in [0, 0.1) is 0 Å². The first-order valence-electron chi connectivity index (χ1n) is 15.6. The lowest BCUT2D eigenvalue weighted by Crippen LogP contribution is -2.09. The van der Waals surface area contributed by atoms with Crippen LogP contribution in [0.3, 0.4) is 0 Å². The number of hydrogen-bond donors (Lipinski definition) is 1. The fourth-order valence-electron chi connectivity index (χ4n) is 7.19. The molecule has 0 fully saturated rings. The maximum Gasteiger partial charge on any atom is 0.422 e. The number of amidine groups is 1. The molecule has 0 saturated heterocycles. The molecule has 4 heteroatoms. The summed E-state index contributed by atoms with van der Waals surface area (Å²) in [5.41, 5.74) is 5.00. The van der Waals surface area contributed by atoms with Crippen LogP contribution in [-0.4, -0.2) is 17.8 Å². The Morgan fingerprint density at radius 3 is 1.93 bits per heavy atom. The standard InChI is InChI=1S/C42H25N3O/c1-2-8-27(9-3-1)42-45-37-21-19-26-16-14-25-15-17-29(23-35(25)39(26)40(37)46-42)41-43-24-38(44-41)28-18-20-34-32-12-5-4-10-30(32)31-11-6-7-13-33(31)36(34)22-28/h1-24,42H/p+1. The highest BCUT2D eigenvalue weighted by Gasteiger charge is 2.28. The second-order valence-electron chi connectivity index (χ2n) is 12.0. The first-order chi connectivity index (χ1) is 22.8. The SMILES string of the molecule is C1=[N+]=C(c2ccc3ccc4ccc5c(c4c3c2)OC(c2ccccc2)N5)N=C1c1ccc2c3ccccc3c3ccccc3c2c1. The molecule has 0 radical (unpaired) electrons. The molecule has 0 saturated carbocycles. The molecule has 4 nitrogen and oxygen atoms in total. The lowest BCUT2D eigenvalue weighted by Gasteiger charge is -2.12. The maximum absolute atomic E-state index is 6.57. The quantitative estimate of drug-likeness (QED) is 0.165. The largest absolute Gasteiger partial charge is 0.464 e. The van der Waals surface area contributed by atoms with E-state index in [1.807, 2.05) is 24.4 Å². The van der Waals surface area contributed by atoms with Gasteiger partial charge in [-0.2, -0.15) is 0 Å². The topological polar surface area (TPSA) is 47.7 Å². The molecule has 0 aliphatic carbocycles. The maximum atomic E-state index is 6.57. The van der Waals surface area contributed by atoms with E-state index in [9.17, 15) is 0 Å². The highest BCUT2D eigenvalue weighted by Crippen LogP contribution is 2.45. The van der Waals surface area contributed by atoms with Crippen molar-refractivity contribution in [3.8, 4) is 5.75 Å². The van der Waals surface area contributed by atoms with Crippen molar-refractivity contribution in [2.24, 2.45) is 4.99 Å². The highest BCUT2D eigenvalue weighted by atomic mass is 16.5. The summed E-state index contributed by atoms with van der Waals surface area (Å²) in [6.45, 7) is 0. The van der Waals surface area contributed by atoms with E-state index in [-0.39, 0.29) is 6.23 Å². The van der Waals surface area contributed by atoms with E-state index in [0.717, 1.165) is 55.4 Å². The van der Waals surface area contributed by atoms with Gasteiger partial charge in [-0.25, -0.2) is 4.67 Å². The van der Waals surface area contributed by atoms with Gasteiger partial charge in [0.25, 0.3) is 0 Å². The van der Waals surface area contributed by atoms with Gasteiger partial charge in [-0.1, -0.05) is 109 Å². The third-order valence-corrected chi connectivity index (χ3v) is 9.41. The minimum Gasteiger partial charge on any atom is -0.464 e. The minimum atomic E-state index is -0.224. The van der Waals surface area contributed by atoms with Crippen molar-refractivity contribution in [3.05, 3.63) is 156 Å². The molecule has 1 atom stereocenters. The zero-order valence-electron chi connectivity index (χ0n) is 24.7. The Bertz CT molecular complexity index is 2650. The van der Waals surface area contributed by atoms with Crippen molar-refractivity contribution in [1.82, 2.24) is 4.67 Å². The summed E-state index contributed by atoms with van der Waals surface area (Å²) >= 11 is 0. The zero-order valence-corrected chi connectivity index (χ0v) is 24.7. The summed E-state index contributed by atoms with van der Waals surface area (Å²) in [4.78, 5) is 5.06. The Morgan fingerprint density at radius 1 is 0.543 bits per heavy atom. The van der Waals surface area contributed by atoms with Gasteiger partial charge in [0.15, 0.2) is 12.0 Å². The van der Waals surface area contributed by atoms with Crippen molar-refractivity contribution in [3.63, 3.8) is 0 Å². The Balaban J connectivity index is 1.07. The summed E-state index contributed by atoms with van der Waals surface area (Å²) in [5.74, 6) is 1.60. The van der Waals surface area contributed by atoms with Gasteiger partial charge in [-0.15, -0.1) is 0 Å². The van der Waals surface area contributed by atoms with E-state index >= 15 is 0 Å². The van der Waals surface area contributed by atoms with Crippen molar-refractivity contribution >= 4 is 77.3 Å². The van der Waals surface area contributed by atoms with Crippen LogP contribution < -0.4 is 14.7 Å². The van der Waals surface area contributed by atoms with Crippen molar-refractivity contribution < 1.29 is 4.74 Å². The van der Waals surface area contributed by atoms with Gasteiger partial charge in [0.2, 0.25) is 11.9 Å². The predicted molar refractivity (Wildman–Crippen MR) is 193 cm³/mol. The summed E-state index contributed by atoms with van der Waals surface area (Å²) in [5, 5.41) is 15.6. The van der Waals surface area contributed by atoms with Crippen molar-refractivity contribution in [2.75, 3.05) is 5.32 Å². The third kappa shape index (κ3) is 3.75. The van der Waals surface area contributed by atoms with E-state index in [4.69, 9.17) is 14.4 Å². The molecular weight excluding hydrogens is 562 g/mol. The summed E-state index contributed by atoms with van der Waals surface area (Å²) < 4.78 is 11.4. The summed E-state index contributed by atoms with van der Waals surface area (Å²) in [7, 11) is 0. The molecule has 214 valence electrons. The Labute approximate surface area is 264 Å². The number of nitrogens with zero attached hydrogens (tertiary/aromatic N) is 2. The zero-order chi connectivity index (χ0) is 30.2. The van der Waals surface area contributed by atoms with Gasteiger partial charge < -0.3 is 10.1 Å². The molecular formula is C42H26N3O+. The van der Waals surface area contributed by atoms with Crippen LogP contribution in [0.5, 0.6) is 5.75 Å². The number of nitrogens with one attached hydrogen (secondary N) is 1. The average molecular weight is 589 g/mol. The number of anilines is 1. The van der Waals surface area contributed by atoms with E-state index in [1.54, 1.807) is 0 Å². The molecule has 2 heterocycles. The normalized spacial score (nSPS) is 15.3. The molecule has 0 aromatic heterocycles. The second-order valence-corrected chi connectivity index (χ2v) is 12.0. The molecule has 0 amide bonds. The Kier molecular flexibility index (Phi) is 5.27. The number of rotatable bonds is 3. The van der Waals surface area contributed by atoms with Crippen LogP contribution in [0.1, 0.15) is 22.9 Å². The van der Waals surface area contributed by atoms with Gasteiger partial charge in [0, 0.05) is 16.5 Å². The lowest BCUT2D eigenvalue weighted by atomic mass is 9.93. The molecule has 10 rings (SSSR count). The molecule has 2 aliphatic rings. The molecule has 8 aromatic rings. The molecule has 0 spiro atoms. The monoisotopic (exact) mass is 588 g/mol. The number of fused-ring (bicyclic) bond motifs is 11. The van der Waals surface area contributed by atoms with Gasteiger partial charge in [0.05, 0.1) is 11.3 Å². The van der Waals surface area contributed by atoms with Crippen LogP contribution in [-0.2, 0) is 0 Å². The lowest BCUT2D eigenvalue weighted by molar-refractivity contribution is 0.263. The average Bonchev–Trinajstić information content (AvgIpc) is 3.80. The van der Waals surface area contributed by atoms with Gasteiger partial charge in [-0.3, -0.25) is 0 Å². The van der Waals surface area contributed by atoms with Gasteiger partial charge >= 0.3 is 5.84 Å². The molecule has 8 aromatic carbocycles. The van der Waals surface area contributed by atoms with Gasteiger partial charge in [-0.05, 0) is 83.8 Å². The molecule has 1 N–H and O–H groups in total. The van der Waals surface area contributed by atoms with Crippen LogP contribution >= 0.6 is 0 Å². The first-order valence-corrected chi connectivity index (χ1v) is 15.6. The fourth-order valence-corrected chi connectivity index (χ4v) is 7.19. The summed E-state index contributed by atoms with van der Waals surface area (Å²) in [6.07, 6.45) is 1.67. The first kappa shape index (κ1) is 25.1. The minimum absolute atomic E-state index is 0.224. The van der Waals surface area contributed by atoms with E-state index < -0.39 is 0 Å². The van der Waals surface area contributed by atoms with E-state index in [1.165, 1.54) is 32.3 Å². The second kappa shape index (κ2) is 9.64. The van der Waals surface area contributed by atoms with Gasteiger partial charge in [0.1, 0.15) is 0 Å². The van der Waals surface area contributed by atoms with Crippen LogP contribution in [0.4, 0.5) is 5.69 Å². The third-order valence-electron chi connectivity index (χ3n) is 9.41. The smallest absolute Gasteiger partial charge is 0.422 e. The van der Waals surface area contributed by atoms with Crippen LogP contribution in [0.25, 0.3) is 53.9 Å². The van der Waals surface area contributed by atoms with Crippen LogP contribution in [0.15, 0.2) is 145 Å². The molecule has 2 aliphatic heterocycles. The highest BCUT2D eigenvalue weighted by molar-refractivity contribution is 6.44. The van der Waals surface area contributed by atoms with Crippen LogP contribution in [0.2, 0.25) is 0 Å². The fraction of sp³-hybridized carbons (Fsp3) is 0.0238. The van der Waals surface area contributed by atoms with E-state index in [2.05, 4.69) is 127 Å². The molecule has 1 unspecified atom stereocenters. The number of ether oxygens (including phenoxy) is 1. The summed E-state index contributed by atoms with van der Waals surface area (Å²) in [6, 6.07) is 49.4. The number of aliphatic imine (C=N–C) groups is 1. The van der Waals surface area contributed by atoms with Crippen molar-refractivity contribution in [1.29, 1.82) is 0 Å². The molecule has 46 heavy (non-hydrogen) atoms.